The van der Waals surface area contributed by atoms with Gasteiger partial charge in [-0.05, 0) is 33.9 Å². The normalized spacial score (nSPS) is 12.7. The Hall–Kier alpha value is 0.137. The molecule has 0 aromatic rings. The summed E-state index contributed by atoms with van der Waals surface area (Å²) in [5.41, 5.74) is -0.165. The summed E-state index contributed by atoms with van der Waals surface area (Å²) in [6, 6.07) is 0. The first-order valence-electron chi connectivity index (χ1n) is 3.07. The average Bonchev–Trinajstić information content (AvgIpc) is 1.59. The van der Waals surface area contributed by atoms with Gasteiger partial charge in [0.05, 0.1) is 5.60 Å². The van der Waals surface area contributed by atoms with E-state index in [0.717, 1.165) is 0 Å². The van der Waals surface area contributed by atoms with Crippen LogP contribution in [-0.4, -0.2) is 14.6 Å². The predicted octanol–water partition coefficient (Wildman–Crippen LogP) is 1.98. The Kier molecular flexibility index (Phi) is 3.39. The lowest BCUT2D eigenvalue weighted by Gasteiger charge is -2.18. The zero-order chi connectivity index (χ0) is 7.49. The van der Waals surface area contributed by atoms with Crippen molar-refractivity contribution >= 4 is 9.04 Å². The van der Waals surface area contributed by atoms with Crippen molar-refractivity contribution in [2.45, 2.75) is 39.5 Å². The molecule has 0 unspecified atom stereocenters. The van der Waals surface area contributed by atoms with E-state index in [1.54, 1.807) is 0 Å². The second kappa shape index (κ2) is 3.34. The molecule has 0 amide bonds. The molecule has 55 valence electrons. The summed E-state index contributed by atoms with van der Waals surface area (Å²) in [6.45, 7) is 9.99. The van der Waals surface area contributed by atoms with Crippen molar-refractivity contribution in [3.05, 3.63) is 0 Å². The Morgan fingerprint density at radius 3 is 1.67 bits per heavy atom. The smallest absolute Gasteiger partial charge is 0.254 e. The molecular formula is C6H15O2Si. The first kappa shape index (κ1) is 9.14. The maximum atomic E-state index is 5.04. The van der Waals surface area contributed by atoms with E-state index in [9.17, 15) is 0 Å². The summed E-state index contributed by atoms with van der Waals surface area (Å²) in [5.74, 6) is 0. The molecule has 3 heteroatoms. The summed E-state index contributed by atoms with van der Waals surface area (Å²) in [7, 11) is -0.690. The van der Waals surface area contributed by atoms with Gasteiger partial charge in [-0.1, -0.05) is 0 Å². The van der Waals surface area contributed by atoms with Gasteiger partial charge in [-0.3, -0.25) is 4.58 Å². The lowest BCUT2D eigenvalue weighted by Crippen LogP contribution is -2.23. The number of rotatable bonds is 2. The maximum absolute atomic E-state index is 5.04. The minimum Gasteiger partial charge on any atom is -0.287 e. The molecule has 0 heterocycles. The summed E-state index contributed by atoms with van der Waals surface area (Å²) in [4.78, 5) is 5.04. The topological polar surface area (TPSA) is 18.5 Å². The van der Waals surface area contributed by atoms with Gasteiger partial charge in [0.2, 0.25) is 0 Å². The predicted molar refractivity (Wildman–Crippen MR) is 39.4 cm³/mol. The molecule has 0 aromatic heterocycles. The van der Waals surface area contributed by atoms with Crippen LogP contribution in [-0.2, 0) is 9.46 Å². The molecule has 0 saturated heterocycles. The first-order chi connectivity index (χ1) is 3.92. The quantitative estimate of drug-likeness (QED) is 0.338. The van der Waals surface area contributed by atoms with E-state index in [2.05, 4.69) is 0 Å². The Bertz CT molecular complexity index is 75.6. The highest BCUT2D eigenvalue weighted by atomic mass is 28.3. The fourth-order valence-corrected chi connectivity index (χ4v) is 0.625. The highest BCUT2D eigenvalue weighted by Crippen LogP contribution is 2.07. The molecule has 1 radical (unpaired) electrons. The number of hydrogen-bond donors (Lipinski definition) is 0. The molecule has 0 aliphatic heterocycles. The Morgan fingerprint density at radius 2 is 1.56 bits per heavy atom. The zero-order valence-electron chi connectivity index (χ0n) is 6.82. The van der Waals surface area contributed by atoms with Crippen molar-refractivity contribution in [3.63, 3.8) is 0 Å². The van der Waals surface area contributed by atoms with Gasteiger partial charge >= 0.3 is 0 Å². The summed E-state index contributed by atoms with van der Waals surface area (Å²) in [5, 5.41) is 0. The average molecular weight is 147 g/mol. The Morgan fingerprint density at radius 1 is 1.11 bits per heavy atom. The third-order valence-electron chi connectivity index (χ3n) is 0.458. The van der Waals surface area contributed by atoms with Crippen LogP contribution in [0.1, 0.15) is 20.8 Å². The maximum Gasteiger partial charge on any atom is 0.254 e. The Labute approximate surface area is 58.8 Å². The van der Waals surface area contributed by atoms with Crippen molar-refractivity contribution in [2.24, 2.45) is 0 Å². The van der Waals surface area contributed by atoms with Crippen LogP contribution < -0.4 is 0 Å². The summed E-state index contributed by atoms with van der Waals surface area (Å²) in [6.07, 6.45) is 0. The van der Waals surface area contributed by atoms with Crippen LogP contribution in [0.25, 0.3) is 0 Å². The third-order valence-corrected chi connectivity index (χ3v) is 0.875. The molecule has 0 N–H and O–H groups in total. The molecule has 9 heavy (non-hydrogen) atoms. The molecule has 2 nitrogen and oxygen atoms in total. The van der Waals surface area contributed by atoms with Gasteiger partial charge in [-0.2, -0.15) is 0 Å². The largest absolute Gasteiger partial charge is 0.287 e. The van der Waals surface area contributed by atoms with Crippen molar-refractivity contribution in [2.75, 3.05) is 0 Å². The second-order valence-electron chi connectivity index (χ2n) is 3.19. The van der Waals surface area contributed by atoms with Gasteiger partial charge in [0.15, 0.2) is 0 Å². The van der Waals surface area contributed by atoms with Crippen molar-refractivity contribution < 1.29 is 9.46 Å². The SMILES string of the molecule is C[Si](C)OOC(C)(C)C. The van der Waals surface area contributed by atoms with Crippen molar-refractivity contribution in [1.29, 1.82) is 0 Å². The monoisotopic (exact) mass is 147 g/mol. The van der Waals surface area contributed by atoms with E-state index in [0.29, 0.717) is 0 Å². The minimum absolute atomic E-state index is 0.165. The second-order valence-corrected chi connectivity index (χ2v) is 5.17. The van der Waals surface area contributed by atoms with Gasteiger partial charge < -0.3 is 0 Å². The van der Waals surface area contributed by atoms with E-state index in [-0.39, 0.29) is 5.60 Å². The minimum atomic E-state index is -0.690. The highest BCUT2D eigenvalue weighted by Gasteiger charge is 2.12. The van der Waals surface area contributed by atoms with Crippen LogP contribution in [0.5, 0.6) is 0 Å². The van der Waals surface area contributed by atoms with Crippen LogP contribution in [0.4, 0.5) is 0 Å². The molecule has 0 saturated carbocycles. The molecule has 0 fully saturated rings. The standard InChI is InChI=1S/C6H15O2Si/c1-6(2,3)7-8-9(4)5/h1-5H3. The van der Waals surface area contributed by atoms with E-state index < -0.39 is 9.04 Å². The molecule has 0 spiro atoms. The van der Waals surface area contributed by atoms with Crippen molar-refractivity contribution in [1.82, 2.24) is 0 Å². The molecule has 0 aromatic carbocycles. The van der Waals surface area contributed by atoms with Gasteiger partial charge in [-0.15, -0.1) is 0 Å². The lowest BCUT2D eigenvalue weighted by atomic mass is 10.2. The van der Waals surface area contributed by atoms with Gasteiger partial charge in [-0.25, -0.2) is 4.89 Å². The molecule has 0 aliphatic carbocycles. The van der Waals surface area contributed by atoms with Gasteiger partial charge in [0, 0.05) is 0 Å². The molecule has 0 bridgehead atoms. The van der Waals surface area contributed by atoms with Crippen LogP contribution in [0.2, 0.25) is 13.1 Å². The van der Waals surface area contributed by atoms with E-state index in [1.807, 2.05) is 33.9 Å². The fourth-order valence-electron chi connectivity index (χ4n) is 0.208. The van der Waals surface area contributed by atoms with E-state index in [4.69, 9.17) is 9.46 Å². The van der Waals surface area contributed by atoms with Crippen LogP contribution in [0.15, 0.2) is 0 Å². The van der Waals surface area contributed by atoms with Crippen LogP contribution >= 0.6 is 0 Å². The molecule has 0 atom stereocenters. The van der Waals surface area contributed by atoms with Gasteiger partial charge in [0.1, 0.15) is 0 Å². The van der Waals surface area contributed by atoms with E-state index in [1.165, 1.54) is 0 Å². The lowest BCUT2D eigenvalue weighted by molar-refractivity contribution is -0.280. The molecule has 0 aliphatic rings. The van der Waals surface area contributed by atoms with E-state index >= 15 is 0 Å². The van der Waals surface area contributed by atoms with Crippen LogP contribution in [0, 0.1) is 0 Å². The first-order valence-corrected chi connectivity index (χ1v) is 5.48. The van der Waals surface area contributed by atoms with Crippen LogP contribution in [0.3, 0.4) is 0 Å². The third kappa shape index (κ3) is 8.14. The van der Waals surface area contributed by atoms with Crippen molar-refractivity contribution in [3.8, 4) is 0 Å². The molecular weight excluding hydrogens is 132 g/mol. The summed E-state index contributed by atoms with van der Waals surface area (Å²) < 4.78 is 5.01. The number of hydrogen-bond acceptors (Lipinski definition) is 2. The zero-order valence-corrected chi connectivity index (χ0v) is 7.82. The Balaban J connectivity index is 3.28. The van der Waals surface area contributed by atoms with Gasteiger partial charge in [0.25, 0.3) is 9.04 Å². The fraction of sp³-hybridized carbons (Fsp3) is 1.00. The highest BCUT2D eigenvalue weighted by molar-refractivity contribution is 6.48. The summed E-state index contributed by atoms with van der Waals surface area (Å²) >= 11 is 0. The molecule has 0 rings (SSSR count).